The van der Waals surface area contributed by atoms with Crippen molar-refractivity contribution in [3.8, 4) is 11.1 Å². The Balaban J connectivity index is 0.000000159. The Hall–Kier alpha value is -6.96. The molecule has 0 amide bonds. The normalized spacial score (nSPS) is 15.1. The van der Waals surface area contributed by atoms with Gasteiger partial charge in [0.1, 0.15) is 0 Å². The number of benzene rings is 7. The van der Waals surface area contributed by atoms with Crippen LogP contribution in [0.1, 0.15) is 130 Å². The van der Waals surface area contributed by atoms with Gasteiger partial charge < -0.3 is 5.32 Å². The average Bonchev–Trinajstić information content (AvgIpc) is 4.14. The quantitative estimate of drug-likeness (QED) is 0.175. The highest BCUT2D eigenvalue weighted by Gasteiger charge is 2.52. The summed E-state index contributed by atoms with van der Waals surface area (Å²) < 4.78 is 0. The summed E-state index contributed by atoms with van der Waals surface area (Å²) in [6.45, 7) is 16.8. The van der Waals surface area contributed by atoms with Crippen molar-refractivity contribution in [3.63, 3.8) is 0 Å². The predicted octanol–water partition coefficient (Wildman–Crippen LogP) is 19.4. The van der Waals surface area contributed by atoms with Crippen LogP contribution in [-0.2, 0) is 24.7 Å². The summed E-state index contributed by atoms with van der Waals surface area (Å²) in [5.74, 6) is 0. The number of anilines is 1. The number of fused-ring (bicyclic) bond motifs is 11. The Labute approximate surface area is 422 Å². The van der Waals surface area contributed by atoms with E-state index in [9.17, 15) is 0 Å². The number of hydrogen-bond acceptors (Lipinski definition) is 1. The number of nitrogens with one attached hydrogen (secondary N) is 1. The van der Waals surface area contributed by atoms with Crippen molar-refractivity contribution >= 4 is 34.2 Å². The molecule has 12 rings (SSSR count). The van der Waals surface area contributed by atoms with Crippen LogP contribution >= 0.6 is 0 Å². The van der Waals surface area contributed by atoms with Crippen LogP contribution in [0.3, 0.4) is 0 Å². The van der Waals surface area contributed by atoms with Gasteiger partial charge in [-0.3, -0.25) is 0 Å². The molecule has 0 aliphatic heterocycles. The van der Waals surface area contributed by atoms with Crippen LogP contribution < -0.4 is 5.32 Å². The van der Waals surface area contributed by atoms with Crippen molar-refractivity contribution in [3.05, 3.63) is 262 Å². The van der Waals surface area contributed by atoms with E-state index in [0.717, 1.165) is 19.3 Å². The van der Waals surface area contributed by atoms with E-state index in [1.165, 1.54) is 127 Å². The summed E-state index contributed by atoms with van der Waals surface area (Å²) in [5, 5.41) is 6.19. The minimum Gasteiger partial charge on any atom is -0.388 e. The second-order valence-corrected chi connectivity index (χ2v) is 17.4. The van der Waals surface area contributed by atoms with Crippen molar-refractivity contribution < 1.29 is 0 Å². The van der Waals surface area contributed by atoms with Crippen molar-refractivity contribution in [2.24, 2.45) is 0 Å². The lowest BCUT2D eigenvalue weighted by atomic mass is 9.69. The number of rotatable bonds is 6. The van der Waals surface area contributed by atoms with Gasteiger partial charge in [0.25, 0.3) is 0 Å². The molecule has 0 heterocycles. The molecule has 358 valence electrons. The summed E-state index contributed by atoms with van der Waals surface area (Å²) in [4.78, 5) is 0. The largest absolute Gasteiger partial charge is 0.388 e. The fraction of sp³-hybridized carbons (Fsp3) is 0.246. The number of allylic oxidation sites excluding steroid dienone is 9. The minimum absolute atomic E-state index is 0.262. The zero-order valence-corrected chi connectivity index (χ0v) is 43.3. The Kier molecular flexibility index (Phi) is 20.4. The lowest BCUT2D eigenvalue weighted by Crippen LogP contribution is -2.26. The van der Waals surface area contributed by atoms with Gasteiger partial charge in [0, 0.05) is 18.3 Å². The highest BCUT2D eigenvalue weighted by molar-refractivity contribution is 5.99. The predicted molar refractivity (Wildman–Crippen MR) is 311 cm³/mol. The molecule has 1 heteroatoms. The fourth-order valence-corrected chi connectivity index (χ4v) is 10.5. The van der Waals surface area contributed by atoms with E-state index >= 15 is 0 Å². The van der Waals surface area contributed by atoms with Gasteiger partial charge >= 0.3 is 0 Å². The van der Waals surface area contributed by atoms with E-state index in [1.807, 2.05) is 71.1 Å². The summed E-state index contributed by atoms with van der Waals surface area (Å²) in [7, 11) is 2.01. The second kappa shape index (κ2) is 27.3. The molecule has 7 aromatic rings. The van der Waals surface area contributed by atoms with Gasteiger partial charge in [-0.05, 0) is 129 Å². The van der Waals surface area contributed by atoms with Gasteiger partial charge in [-0.1, -0.05) is 267 Å². The molecule has 0 fully saturated rings. The molecule has 1 spiro atoms. The summed E-state index contributed by atoms with van der Waals surface area (Å²) in [6, 6.07) is 56.3. The zero-order chi connectivity index (χ0) is 49.6. The van der Waals surface area contributed by atoms with Gasteiger partial charge in [0.15, 0.2) is 0 Å². The molecule has 70 heavy (non-hydrogen) atoms. The standard InChI is InChI=1S/C27H25N.C13H12.C13H14.C6H8.C6H6.2C2H6/c1-4-11-18-19-12-6-8-14-22(19)27(21(18)5-2)23-15-9-7-13-20(23)26-24(27)16-10-17-25(26)28-3;1-2-6-12-10(4-1)8-9-11-5-3-7-13(11)12;1-2-6-11-8-5-9-12-7-3-4-10-13(11)12;2*1-2-4-6-5-3-1;2*1-2/h5-10,12-17,28H,2,4,11H2,1,3H3;2-3,6-9H,1,4-5H2;3-5,7-10H,2,6H2,1H3;1-4H,5-6H2;1-6H;2*1-2H3. The van der Waals surface area contributed by atoms with Gasteiger partial charge in [0.2, 0.25) is 0 Å². The Bertz CT molecular complexity index is 2870. The van der Waals surface area contributed by atoms with Crippen LogP contribution in [0.25, 0.3) is 39.6 Å². The smallest absolute Gasteiger partial charge is 0.0722 e. The highest BCUT2D eigenvalue weighted by Crippen LogP contribution is 2.63. The van der Waals surface area contributed by atoms with Crippen molar-refractivity contribution in [2.45, 2.75) is 105 Å². The first-order valence-electron chi connectivity index (χ1n) is 26.3. The average molecular weight is 920 g/mol. The third-order valence-electron chi connectivity index (χ3n) is 13.3. The van der Waals surface area contributed by atoms with E-state index in [1.54, 1.807) is 0 Å². The van der Waals surface area contributed by atoms with E-state index in [2.05, 4.69) is 202 Å². The molecule has 0 aromatic heterocycles. The maximum atomic E-state index is 4.29. The Morgan fingerprint density at radius 3 is 1.73 bits per heavy atom. The second-order valence-electron chi connectivity index (χ2n) is 17.4. The van der Waals surface area contributed by atoms with Gasteiger partial charge in [-0.2, -0.15) is 0 Å². The molecule has 5 aliphatic carbocycles. The van der Waals surface area contributed by atoms with Crippen LogP contribution in [0.5, 0.6) is 0 Å². The maximum Gasteiger partial charge on any atom is 0.0722 e. The molecule has 1 N–H and O–H groups in total. The monoisotopic (exact) mass is 920 g/mol. The van der Waals surface area contributed by atoms with Gasteiger partial charge in [-0.15, -0.1) is 0 Å². The minimum atomic E-state index is -0.262. The first-order valence-corrected chi connectivity index (χ1v) is 26.3. The Morgan fingerprint density at radius 1 is 0.529 bits per heavy atom. The molecular weight excluding hydrogens is 843 g/mol. The fourth-order valence-electron chi connectivity index (χ4n) is 10.5. The van der Waals surface area contributed by atoms with Crippen LogP contribution in [0.2, 0.25) is 0 Å². The van der Waals surface area contributed by atoms with E-state index in [-0.39, 0.29) is 5.41 Å². The lowest BCUT2D eigenvalue weighted by Gasteiger charge is -2.31. The third-order valence-corrected chi connectivity index (χ3v) is 13.3. The SMILES string of the molecule is C1=CCCC=C1.C1=Cc2c(ccc3c2C=CC3)CC1.C=CC1=C(CCC)c2ccccc2C12c1ccccc1-c1c(NC)cccc12.CC.CC.CCCc1cccc2ccccc12.c1ccccc1. The van der Waals surface area contributed by atoms with Crippen molar-refractivity contribution in [2.75, 3.05) is 12.4 Å². The zero-order valence-electron chi connectivity index (χ0n) is 43.3. The lowest BCUT2D eigenvalue weighted by molar-refractivity contribution is 0.785. The van der Waals surface area contributed by atoms with Crippen molar-refractivity contribution in [1.29, 1.82) is 0 Å². The van der Waals surface area contributed by atoms with E-state index in [4.69, 9.17) is 0 Å². The van der Waals surface area contributed by atoms with Crippen molar-refractivity contribution in [1.82, 2.24) is 0 Å². The molecule has 1 atom stereocenters. The molecule has 0 saturated carbocycles. The maximum absolute atomic E-state index is 4.29. The van der Waals surface area contributed by atoms with Crippen LogP contribution in [0.15, 0.2) is 212 Å². The topological polar surface area (TPSA) is 12.0 Å². The first-order chi connectivity index (χ1) is 34.6. The van der Waals surface area contributed by atoms with Crippen LogP contribution in [-0.4, -0.2) is 7.05 Å². The summed E-state index contributed by atoms with van der Waals surface area (Å²) >= 11 is 0. The van der Waals surface area contributed by atoms with Gasteiger partial charge in [-0.25, -0.2) is 0 Å². The Morgan fingerprint density at radius 2 is 1.09 bits per heavy atom. The number of aryl methyl sites for hydroxylation is 2. The third kappa shape index (κ3) is 11.5. The molecule has 0 radical (unpaired) electrons. The van der Waals surface area contributed by atoms with E-state index in [0.29, 0.717) is 0 Å². The van der Waals surface area contributed by atoms with Crippen LogP contribution in [0.4, 0.5) is 5.69 Å². The number of hydrogen-bond donors (Lipinski definition) is 1. The molecule has 5 aliphatic rings. The molecule has 0 saturated heterocycles. The molecule has 0 bridgehead atoms. The molecular formula is C69H77N. The van der Waals surface area contributed by atoms with E-state index < -0.39 is 0 Å². The summed E-state index contributed by atoms with van der Waals surface area (Å²) in [5.41, 5.74) is 19.3. The summed E-state index contributed by atoms with van der Waals surface area (Å²) in [6.07, 6.45) is 30.3. The highest BCUT2D eigenvalue weighted by atomic mass is 14.8. The van der Waals surface area contributed by atoms with Gasteiger partial charge in [0.05, 0.1) is 5.41 Å². The molecule has 1 nitrogen and oxygen atoms in total. The molecule has 7 aromatic carbocycles. The van der Waals surface area contributed by atoms with Crippen LogP contribution in [0, 0.1) is 0 Å². The molecule has 1 unspecified atom stereocenters. The first kappa shape index (κ1) is 52.4.